The van der Waals surface area contributed by atoms with Gasteiger partial charge in [0.25, 0.3) is 0 Å². The van der Waals surface area contributed by atoms with E-state index in [1.807, 2.05) is 11.8 Å². The normalized spacial score (nSPS) is 23.7. The molecule has 1 aliphatic heterocycles. The van der Waals surface area contributed by atoms with Crippen LogP contribution >= 0.6 is 0 Å². The molecule has 3 heteroatoms. The average Bonchev–Trinajstić information content (AvgIpc) is 2.68. The van der Waals surface area contributed by atoms with Gasteiger partial charge in [-0.25, -0.2) is 0 Å². The Hall–Kier alpha value is -1.35. The zero-order valence-corrected chi connectivity index (χ0v) is 11.4. The second kappa shape index (κ2) is 5.53. The molecular weight excluding hydrogens is 224 g/mol. The van der Waals surface area contributed by atoms with Crippen molar-refractivity contribution < 1.29 is 4.79 Å². The highest BCUT2D eigenvalue weighted by Crippen LogP contribution is 2.25. The van der Waals surface area contributed by atoms with Gasteiger partial charge in [-0.15, -0.1) is 0 Å². The van der Waals surface area contributed by atoms with Crippen LogP contribution in [0.3, 0.4) is 0 Å². The lowest BCUT2D eigenvalue weighted by atomic mass is 10.1. The molecule has 18 heavy (non-hydrogen) atoms. The van der Waals surface area contributed by atoms with E-state index in [9.17, 15) is 4.79 Å². The van der Waals surface area contributed by atoms with Crippen molar-refractivity contribution in [2.75, 3.05) is 6.54 Å². The maximum Gasteiger partial charge on any atom is 0.241 e. The van der Waals surface area contributed by atoms with Crippen molar-refractivity contribution >= 4 is 5.91 Å². The Balaban J connectivity index is 2.22. The molecule has 1 aromatic rings. The summed E-state index contributed by atoms with van der Waals surface area (Å²) in [6.07, 6.45) is 2.08. The maximum atomic E-state index is 12.1. The van der Waals surface area contributed by atoms with E-state index in [0.29, 0.717) is 0 Å². The third kappa shape index (κ3) is 2.41. The third-order valence-corrected chi connectivity index (χ3v) is 3.54. The number of nitrogens with zero attached hydrogens (tertiary/aromatic N) is 1. The van der Waals surface area contributed by atoms with E-state index in [-0.39, 0.29) is 18.1 Å². The highest BCUT2D eigenvalue weighted by atomic mass is 16.2. The standard InChI is InChI=1S/C15H22N2O/c1-4-10-17-14(16-11(3)15(17)18)13-8-6-12(5-2)7-9-13/h6-9,11,14,16H,4-5,10H2,1-3H3. The van der Waals surface area contributed by atoms with Crippen molar-refractivity contribution in [3.05, 3.63) is 35.4 Å². The summed E-state index contributed by atoms with van der Waals surface area (Å²) in [4.78, 5) is 14.0. The highest BCUT2D eigenvalue weighted by molar-refractivity contribution is 5.84. The second-order valence-electron chi connectivity index (χ2n) is 4.92. The lowest BCUT2D eigenvalue weighted by molar-refractivity contribution is -0.129. The molecule has 2 unspecified atom stereocenters. The Kier molecular flexibility index (Phi) is 4.02. The fourth-order valence-electron chi connectivity index (χ4n) is 2.47. The first kappa shape index (κ1) is 13.1. The first-order valence-corrected chi connectivity index (χ1v) is 6.82. The Labute approximate surface area is 109 Å². The molecule has 1 aromatic carbocycles. The van der Waals surface area contributed by atoms with E-state index < -0.39 is 0 Å². The number of aryl methyl sites for hydroxylation is 1. The molecule has 2 atom stereocenters. The van der Waals surface area contributed by atoms with E-state index in [1.165, 1.54) is 11.1 Å². The summed E-state index contributed by atoms with van der Waals surface area (Å²) in [5.74, 6) is 0.210. The number of hydrogen-bond donors (Lipinski definition) is 1. The molecule has 1 fully saturated rings. The Morgan fingerprint density at radius 3 is 2.44 bits per heavy atom. The molecule has 1 amide bonds. The molecule has 1 heterocycles. The molecule has 98 valence electrons. The molecule has 1 saturated heterocycles. The van der Waals surface area contributed by atoms with Crippen LogP contribution in [-0.4, -0.2) is 23.4 Å². The summed E-state index contributed by atoms with van der Waals surface area (Å²) < 4.78 is 0. The molecule has 3 nitrogen and oxygen atoms in total. The van der Waals surface area contributed by atoms with Gasteiger partial charge in [0, 0.05) is 6.54 Å². The average molecular weight is 246 g/mol. The van der Waals surface area contributed by atoms with Crippen LogP contribution in [0.4, 0.5) is 0 Å². The van der Waals surface area contributed by atoms with Crippen LogP contribution in [-0.2, 0) is 11.2 Å². The maximum absolute atomic E-state index is 12.1. The van der Waals surface area contributed by atoms with E-state index in [4.69, 9.17) is 0 Å². The molecule has 2 rings (SSSR count). The lowest BCUT2D eigenvalue weighted by Gasteiger charge is -2.24. The van der Waals surface area contributed by atoms with Crippen molar-refractivity contribution in [2.45, 2.75) is 45.8 Å². The number of rotatable bonds is 4. The van der Waals surface area contributed by atoms with E-state index in [0.717, 1.165) is 19.4 Å². The van der Waals surface area contributed by atoms with Gasteiger partial charge in [0.1, 0.15) is 6.17 Å². The fourth-order valence-corrected chi connectivity index (χ4v) is 2.47. The summed E-state index contributed by atoms with van der Waals surface area (Å²) in [6.45, 7) is 7.01. The van der Waals surface area contributed by atoms with Gasteiger partial charge >= 0.3 is 0 Å². The van der Waals surface area contributed by atoms with Gasteiger partial charge in [-0.3, -0.25) is 10.1 Å². The molecule has 0 aromatic heterocycles. The molecule has 0 bridgehead atoms. The fraction of sp³-hybridized carbons (Fsp3) is 0.533. The summed E-state index contributed by atoms with van der Waals surface area (Å²) in [6, 6.07) is 8.48. The predicted octanol–water partition coefficient (Wildman–Crippen LogP) is 2.48. The largest absolute Gasteiger partial charge is 0.322 e. The van der Waals surface area contributed by atoms with Gasteiger partial charge in [-0.2, -0.15) is 0 Å². The van der Waals surface area contributed by atoms with Gasteiger partial charge in [0.15, 0.2) is 0 Å². The topological polar surface area (TPSA) is 32.3 Å². The smallest absolute Gasteiger partial charge is 0.241 e. The number of nitrogens with one attached hydrogen (secondary N) is 1. The zero-order valence-electron chi connectivity index (χ0n) is 11.4. The zero-order chi connectivity index (χ0) is 13.1. The van der Waals surface area contributed by atoms with Crippen LogP contribution in [0, 0.1) is 0 Å². The summed E-state index contributed by atoms with van der Waals surface area (Å²) in [5.41, 5.74) is 2.51. The number of amides is 1. The minimum Gasteiger partial charge on any atom is -0.322 e. The monoisotopic (exact) mass is 246 g/mol. The summed E-state index contributed by atoms with van der Waals surface area (Å²) >= 11 is 0. The first-order valence-electron chi connectivity index (χ1n) is 6.82. The number of benzene rings is 1. The molecule has 1 N–H and O–H groups in total. The predicted molar refractivity (Wildman–Crippen MR) is 73.2 cm³/mol. The third-order valence-electron chi connectivity index (χ3n) is 3.54. The molecular formula is C15H22N2O. The quantitative estimate of drug-likeness (QED) is 0.885. The van der Waals surface area contributed by atoms with Crippen molar-refractivity contribution in [3.63, 3.8) is 0 Å². The van der Waals surface area contributed by atoms with Crippen molar-refractivity contribution in [1.29, 1.82) is 0 Å². The number of carbonyl (C=O) groups excluding carboxylic acids is 1. The highest BCUT2D eigenvalue weighted by Gasteiger charge is 2.36. The molecule has 0 spiro atoms. The second-order valence-corrected chi connectivity index (χ2v) is 4.92. The molecule has 0 radical (unpaired) electrons. The van der Waals surface area contributed by atoms with Crippen LogP contribution in [0.1, 0.15) is 44.5 Å². The Morgan fingerprint density at radius 1 is 1.22 bits per heavy atom. The van der Waals surface area contributed by atoms with Gasteiger partial charge < -0.3 is 4.90 Å². The Bertz CT molecular complexity index is 413. The molecule has 0 saturated carbocycles. The Morgan fingerprint density at radius 2 is 1.89 bits per heavy atom. The molecule has 0 aliphatic carbocycles. The van der Waals surface area contributed by atoms with E-state index in [2.05, 4.69) is 43.4 Å². The minimum absolute atomic E-state index is 0.0401. The van der Waals surface area contributed by atoms with Gasteiger partial charge in [-0.05, 0) is 30.9 Å². The van der Waals surface area contributed by atoms with Gasteiger partial charge in [-0.1, -0.05) is 38.1 Å². The van der Waals surface area contributed by atoms with E-state index in [1.54, 1.807) is 0 Å². The van der Waals surface area contributed by atoms with Crippen molar-refractivity contribution in [2.24, 2.45) is 0 Å². The van der Waals surface area contributed by atoms with Crippen LogP contribution < -0.4 is 5.32 Å². The number of hydrogen-bond acceptors (Lipinski definition) is 2. The van der Waals surface area contributed by atoms with Crippen LogP contribution in [0.2, 0.25) is 0 Å². The van der Waals surface area contributed by atoms with Gasteiger partial charge in [0.2, 0.25) is 5.91 Å². The lowest BCUT2D eigenvalue weighted by Crippen LogP contribution is -2.31. The van der Waals surface area contributed by atoms with Crippen LogP contribution in [0.5, 0.6) is 0 Å². The van der Waals surface area contributed by atoms with Crippen molar-refractivity contribution in [1.82, 2.24) is 10.2 Å². The number of carbonyl (C=O) groups is 1. The molecule has 1 aliphatic rings. The van der Waals surface area contributed by atoms with Gasteiger partial charge in [0.05, 0.1) is 6.04 Å². The minimum atomic E-state index is -0.0765. The van der Waals surface area contributed by atoms with Crippen molar-refractivity contribution in [3.8, 4) is 0 Å². The summed E-state index contributed by atoms with van der Waals surface area (Å²) in [7, 11) is 0. The first-order chi connectivity index (χ1) is 8.67. The van der Waals surface area contributed by atoms with E-state index >= 15 is 0 Å². The van der Waals surface area contributed by atoms with Crippen LogP contribution in [0.25, 0.3) is 0 Å². The SMILES string of the molecule is CCCN1C(=O)C(C)NC1c1ccc(CC)cc1. The summed E-state index contributed by atoms with van der Waals surface area (Å²) in [5, 5.41) is 3.37. The van der Waals surface area contributed by atoms with Crippen LogP contribution in [0.15, 0.2) is 24.3 Å².